The molecule has 1 aliphatic rings. The lowest BCUT2D eigenvalue weighted by Gasteiger charge is -2.29. The maximum atomic E-state index is 11.3. The Morgan fingerprint density at radius 1 is 1.35 bits per heavy atom. The third kappa shape index (κ3) is 2.39. The van der Waals surface area contributed by atoms with E-state index >= 15 is 0 Å². The van der Waals surface area contributed by atoms with E-state index in [1.165, 1.54) is 7.11 Å². The summed E-state index contributed by atoms with van der Waals surface area (Å²) in [5.74, 6) is 0. The van der Waals surface area contributed by atoms with Crippen molar-refractivity contribution in [2.45, 2.75) is 37.8 Å². The Bertz CT molecular complexity index is 846. The fourth-order valence-corrected chi connectivity index (χ4v) is 3.40. The molecule has 3 aromatic heterocycles. The molecule has 0 aliphatic heterocycles. The van der Waals surface area contributed by atoms with Gasteiger partial charge in [0.25, 0.3) is 0 Å². The van der Waals surface area contributed by atoms with Crippen LogP contribution in [0.4, 0.5) is 4.79 Å². The largest absolute Gasteiger partial charge is 0.453 e. The molecule has 3 aromatic rings. The molecular weight excluding hydrogens is 296 g/mol. The third-order valence-electron chi connectivity index (χ3n) is 4.57. The van der Waals surface area contributed by atoms with E-state index in [0.717, 1.165) is 47.8 Å². The lowest BCUT2D eigenvalue weighted by molar-refractivity contribution is 0.160. The van der Waals surface area contributed by atoms with E-state index in [9.17, 15) is 4.79 Å². The van der Waals surface area contributed by atoms with E-state index in [0.29, 0.717) is 6.04 Å². The monoisotopic (exact) mass is 314 g/mol. The summed E-state index contributed by atoms with van der Waals surface area (Å²) < 4.78 is 6.78. The van der Waals surface area contributed by atoms with Gasteiger partial charge in [0.2, 0.25) is 0 Å². The van der Waals surface area contributed by atoms with Crippen LogP contribution in [0.1, 0.15) is 31.7 Å². The predicted molar refractivity (Wildman–Crippen MR) is 84.0 cm³/mol. The lowest BCUT2D eigenvalue weighted by atomic mass is 9.91. The van der Waals surface area contributed by atoms with Gasteiger partial charge in [-0.25, -0.2) is 20.0 Å². The molecule has 1 aliphatic carbocycles. The number of carbonyl (C=O) groups is 1. The highest BCUT2D eigenvalue weighted by atomic mass is 16.5. The molecule has 1 fully saturated rings. The van der Waals surface area contributed by atoms with Crippen molar-refractivity contribution in [2.24, 2.45) is 0 Å². The van der Waals surface area contributed by atoms with Crippen LogP contribution < -0.4 is 5.32 Å². The van der Waals surface area contributed by atoms with E-state index in [1.54, 1.807) is 12.4 Å². The number of nitrogens with zero attached hydrogens (tertiary/aromatic N) is 4. The van der Waals surface area contributed by atoms with Crippen LogP contribution >= 0.6 is 0 Å². The van der Waals surface area contributed by atoms with Gasteiger partial charge < -0.3 is 10.1 Å². The number of amides is 1. The highest BCUT2D eigenvalue weighted by Gasteiger charge is 2.25. The number of H-pyrrole nitrogens is 1. The van der Waals surface area contributed by atoms with Crippen molar-refractivity contribution in [3.63, 3.8) is 0 Å². The number of methoxy groups -OCH3 is 1. The molecule has 23 heavy (non-hydrogen) atoms. The molecule has 8 heteroatoms. The number of hydrogen-bond donors (Lipinski definition) is 2. The molecule has 2 N–H and O–H groups in total. The summed E-state index contributed by atoms with van der Waals surface area (Å²) in [4.78, 5) is 19.9. The average molecular weight is 314 g/mol. The maximum Gasteiger partial charge on any atom is 0.407 e. The summed E-state index contributed by atoms with van der Waals surface area (Å²) in [7, 11) is 1.39. The summed E-state index contributed by atoms with van der Waals surface area (Å²) in [6, 6.07) is 2.48. The van der Waals surface area contributed by atoms with Crippen LogP contribution in [0.5, 0.6) is 0 Å². The molecule has 1 amide bonds. The number of aromatic amines is 1. The summed E-state index contributed by atoms with van der Waals surface area (Å²) in [6.07, 6.45) is 6.93. The standard InChI is InChI=1S/C15H18N6O2/c1-23-15(22)18-9-2-4-10(5-3-9)21-13-11-6-7-16-14(11)17-8-12(13)19-20-21/h6-10,20H,2-5H2,1H3,(H,18,22). The smallest absolute Gasteiger partial charge is 0.407 e. The normalized spacial score (nSPS) is 21.6. The first-order valence-corrected chi connectivity index (χ1v) is 7.77. The number of rotatable bonds is 2. The minimum atomic E-state index is -0.358. The predicted octanol–water partition coefficient (Wildman–Crippen LogP) is 2.15. The van der Waals surface area contributed by atoms with Crippen molar-refractivity contribution in [2.75, 3.05) is 7.11 Å². The van der Waals surface area contributed by atoms with E-state index in [1.807, 2.05) is 6.07 Å². The average Bonchev–Trinajstić information content (AvgIpc) is 3.21. The molecule has 0 radical (unpaired) electrons. The Morgan fingerprint density at radius 2 is 2.17 bits per heavy atom. The molecule has 0 bridgehead atoms. The van der Waals surface area contributed by atoms with Crippen molar-refractivity contribution in [1.29, 1.82) is 0 Å². The van der Waals surface area contributed by atoms with Crippen molar-refractivity contribution in [3.8, 4) is 0 Å². The molecule has 1 saturated carbocycles. The van der Waals surface area contributed by atoms with Crippen LogP contribution in [0.2, 0.25) is 0 Å². The van der Waals surface area contributed by atoms with Crippen LogP contribution in [0.25, 0.3) is 22.1 Å². The van der Waals surface area contributed by atoms with Gasteiger partial charge in [-0.05, 0) is 31.7 Å². The first-order valence-electron chi connectivity index (χ1n) is 7.77. The summed E-state index contributed by atoms with van der Waals surface area (Å²) in [5, 5.41) is 11.4. The summed E-state index contributed by atoms with van der Waals surface area (Å²) in [5.41, 5.74) is 2.64. The Labute approximate surface area is 132 Å². The number of nitrogens with one attached hydrogen (secondary N) is 2. The number of alkyl carbamates (subject to hydrolysis) is 1. The maximum absolute atomic E-state index is 11.3. The molecule has 0 aromatic carbocycles. The first kappa shape index (κ1) is 14.0. The van der Waals surface area contributed by atoms with Gasteiger partial charge in [-0.2, -0.15) is 5.10 Å². The molecule has 120 valence electrons. The lowest BCUT2D eigenvalue weighted by Crippen LogP contribution is -2.38. The minimum Gasteiger partial charge on any atom is -0.453 e. The van der Waals surface area contributed by atoms with Gasteiger partial charge in [0, 0.05) is 17.6 Å². The second-order valence-electron chi connectivity index (χ2n) is 5.90. The van der Waals surface area contributed by atoms with Crippen molar-refractivity contribution in [3.05, 3.63) is 18.5 Å². The van der Waals surface area contributed by atoms with Gasteiger partial charge in [-0.1, -0.05) is 0 Å². The summed E-state index contributed by atoms with van der Waals surface area (Å²) >= 11 is 0. The highest BCUT2D eigenvalue weighted by Crippen LogP contribution is 2.32. The first-order chi connectivity index (χ1) is 11.3. The number of carbonyl (C=O) groups excluding carboxylic acids is 1. The van der Waals surface area contributed by atoms with Crippen molar-refractivity contribution >= 4 is 28.2 Å². The highest BCUT2D eigenvalue weighted by molar-refractivity contribution is 6.00. The SMILES string of the molecule is COC(=O)NC1CCC(n2[nH]nc3cnc4nccc4c32)CC1. The van der Waals surface area contributed by atoms with Gasteiger partial charge >= 0.3 is 6.09 Å². The van der Waals surface area contributed by atoms with Crippen LogP contribution in [0.15, 0.2) is 18.5 Å². The van der Waals surface area contributed by atoms with E-state index in [4.69, 9.17) is 0 Å². The van der Waals surface area contributed by atoms with Crippen LogP contribution in [0.3, 0.4) is 0 Å². The number of ether oxygens (including phenoxy) is 1. The fraction of sp³-hybridized carbons (Fsp3) is 0.467. The molecule has 0 atom stereocenters. The second kappa shape index (κ2) is 5.53. The second-order valence-corrected chi connectivity index (χ2v) is 5.90. The molecule has 0 spiro atoms. The van der Waals surface area contributed by atoms with Crippen LogP contribution in [-0.2, 0) is 4.74 Å². The molecule has 4 rings (SSSR count). The number of aromatic nitrogens is 5. The molecule has 3 heterocycles. The van der Waals surface area contributed by atoms with Gasteiger partial charge in [0.05, 0.1) is 24.9 Å². The van der Waals surface area contributed by atoms with E-state index in [2.05, 4.69) is 35.0 Å². The van der Waals surface area contributed by atoms with Crippen LogP contribution in [0, 0.1) is 0 Å². The fourth-order valence-electron chi connectivity index (χ4n) is 3.40. The summed E-state index contributed by atoms with van der Waals surface area (Å²) in [6.45, 7) is 0. The Balaban J connectivity index is 1.59. The Morgan fingerprint density at radius 3 is 2.96 bits per heavy atom. The Kier molecular flexibility index (Phi) is 3.36. The topological polar surface area (TPSA) is 97.7 Å². The van der Waals surface area contributed by atoms with Crippen molar-refractivity contribution in [1.82, 2.24) is 30.3 Å². The minimum absolute atomic E-state index is 0.177. The molecule has 0 unspecified atom stereocenters. The third-order valence-corrected chi connectivity index (χ3v) is 4.57. The number of pyridine rings is 1. The number of hydrogen-bond acceptors (Lipinski definition) is 5. The zero-order chi connectivity index (χ0) is 15.8. The molecular formula is C15H18N6O2. The van der Waals surface area contributed by atoms with Gasteiger partial charge in [0.15, 0.2) is 5.65 Å². The number of fused-ring (bicyclic) bond motifs is 3. The molecule has 8 nitrogen and oxygen atoms in total. The van der Waals surface area contributed by atoms with Crippen LogP contribution in [-0.4, -0.2) is 44.2 Å². The zero-order valence-electron chi connectivity index (χ0n) is 12.8. The molecule has 0 saturated heterocycles. The van der Waals surface area contributed by atoms with Gasteiger partial charge in [0.1, 0.15) is 5.52 Å². The van der Waals surface area contributed by atoms with Gasteiger partial charge in [-0.3, -0.25) is 4.68 Å². The van der Waals surface area contributed by atoms with E-state index < -0.39 is 0 Å². The van der Waals surface area contributed by atoms with E-state index in [-0.39, 0.29) is 12.1 Å². The van der Waals surface area contributed by atoms with Crippen molar-refractivity contribution < 1.29 is 9.53 Å². The van der Waals surface area contributed by atoms with Gasteiger partial charge in [-0.15, -0.1) is 0 Å². The zero-order valence-corrected chi connectivity index (χ0v) is 12.8. The Hall–Kier alpha value is -2.64. The quantitative estimate of drug-likeness (QED) is 0.755.